The molecule has 0 saturated carbocycles. The Morgan fingerprint density at radius 3 is 0.900 bits per heavy atom. The van der Waals surface area contributed by atoms with Crippen molar-refractivity contribution in [1.82, 2.24) is 0 Å². The predicted molar refractivity (Wildman–Crippen MR) is 69.8 cm³/mol. The molecule has 0 atom stereocenters. The lowest BCUT2D eigenvalue weighted by atomic mass is 9.22. The first-order valence-electron chi connectivity index (χ1n) is 4.49. The fraction of sp³-hybridized carbons (Fsp3) is 0. The molecule has 0 aromatic rings. The third-order valence-electron chi connectivity index (χ3n) is 2.21. The van der Waals surface area contributed by atoms with E-state index in [1.165, 1.54) is 28.7 Å². The Balaban J connectivity index is 4.20. The molecule has 44 valence electrons. The van der Waals surface area contributed by atoms with Crippen LogP contribution in [0.3, 0.4) is 0 Å². The molecule has 0 spiro atoms. The van der Waals surface area contributed by atoms with E-state index in [1.54, 1.807) is 10.7 Å². The Kier molecular flexibility index (Phi) is 6.16. The molecule has 0 rings (SSSR count). The van der Waals surface area contributed by atoms with Crippen molar-refractivity contribution >= 4 is 59.6 Å². The summed E-state index contributed by atoms with van der Waals surface area (Å²) in [6.07, 6.45) is 0. The second kappa shape index (κ2) is 6.00. The van der Waals surface area contributed by atoms with Gasteiger partial charge in [-0.25, -0.2) is 0 Å². The lowest BCUT2D eigenvalue weighted by Gasteiger charge is -2.06. The molecule has 0 amide bonds. The molecule has 0 nitrogen and oxygen atoms in total. The van der Waals surface area contributed by atoms with E-state index in [9.17, 15) is 0 Å². The Hall–Kier alpha value is 0.259. The van der Waals surface area contributed by atoms with Gasteiger partial charge in [0.25, 0.3) is 0 Å². The summed E-state index contributed by atoms with van der Waals surface area (Å²) in [6, 6.07) is 0. The van der Waals surface area contributed by atoms with Crippen LogP contribution in [0.2, 0.25) is 0 Å². The van der Waals surface area contributed by atoms with Crippen molar-refractivity contribution in [3.63, 3.8) is 0 Å². The maximum Gasteiger partial charge on any atom is 0.0985 e. The normalized spacial score (nSPS) is 7.60. The molecule has 0 aromatic heterocycles. The zero-order valence-corrected chi connectivity index (χ0v) is 7.83. The summed E-state index contributed by atoms with van der Waals surface area (Å²) in [5.41, 5.74) is 0. The molecule has 0 radical (unpaired) electrons. The second-order valence-corrected chi connectivity index (χ2v) is 2.62. The summed E-state index contributed by atoms with van der Waals surface area (Å²) >= 11 is 0. The molecule has 0 fully saturated rings. The van der Waals surface area contributed by atoms with Crippen LogP contribution >= 0.6 is 0 Å². The van der Waals surface area contributed by atoms with E-state index in [4.69, 9.17) is 0 Å². The minimum absolute atomic E-state index is 1.24. The highest BCUT2D eigenvalue weighted by Crippen LogP contribution is 1.93. The maximum atomic E-state index is 2.25. The molecule has 0 aliphatic carbocycles. The van der Waals surface area contributed by atoms with Crippen molar-refractivity contribution in [1.29, 1.82) is 0 Å². The Morgan fingerprint density at radius 2 is 0.800 bits per heavy atom. The first-order valence-corrected chi connectivity index (χ1v) is 4.49. The highest BCUT2D eigenvalue weighted by atomic mass is 13.6. The van der Waals surface area contributed by atoms with Crippen LogP contribution in [0.25, 0.3) is 0 Å². The fourth-order valence-electron chi connectivity index (χ4n) is 1.50. The highest BCUT2D eigenvalue weighted by Gasteiger charge is 2.00. The van der Waals surface area contributed by atoms with Gasteiger partial charge in [0, 0.05) is 0 Å². The largest absolute Gasteiger partial charge is 0.173 e. The minimum atomic E-state index is 1.24. The van der Waals surface area contributed by atoms with Crippen molar-refractivity contribution in [2.24, 2.45) is 0 Å². The summed E-state index contributed by atoms with van der Waals surface area (Å²) in [4.78, 5) is 0. The van der Waals surface area contributed by atoms with E-state index in [-0.39, 0.29) is 0 Å². The van der Waals surface area contributed by atoms with E-state index in [0.29, 0.717) is 0 Å². The third-order valence-corrected chi connectivity index (χ3v) is 2.21. The van der Waals surface area contributed by atoms with E-state index in [2.05, 4.69) is 30.9 Å². The Labute approximate surface area is 70.9 Å². The van der Waals surface area contributed by atoms with Crippen LogP contribution in [0.5, 0.6) is 0 Å². The van der Waals surface area contributed by atoms with Gasteiger partial charge in [0.15, 0.2) is 0 Å². The van der Waals surface area contributed by atoms with Crippen LogP contribution in [0.15, 0.2) is 10.7 Å². The smallest absolute Gasteiger partial charge is 0.0985 e. The van der Waals surface area contributed by atoms with Gasteiger partial charge in [0.1, 0.15) is 0 Å². The van der Waals surface area contributed by atoms with Crippen molar-refractivity contribution in [3.8, 4) is 0 Å². The molecule has 0 saturated heterocycles. The molecule has 0 aromatic carbocycles. The predicted octanol–water partition coefficient (Wildman–Crippen LogP) is -5.95. The van der Waals surface area contributed by atoms with Gasteiger partial charge in [-0.2, -0.15) is 10.7 Å². The number of hydrogen-bond acceptors (Lipinski definition) is 0. The summed E-state index contributed by atoms with van der Waals surface area (Å²) in [7, 11) is 14.0. The van der Waals surface area contributed by atoms with Crippen LogP contribution in [-0.4, -0.2) is 59.6 Å². The van der Waals surface area contributed by atoms with Crippen LogP contribution in [0.4, 0.5) is 0 Å². The molecular weight excluding hydrogens is 111 g/mol. The van der Waals surface area contributed by atoms with Gasteiger partial charge in [0.05, 0.1) is 59.6 Å². The van der Waals surface area contributed by atoms with Crippen molar-refractivity contribution in [3.05, 3.63) is 10.7 Å². The quantitative estimate of drug-likeness (QED) is 0.326. The van der Waals surface area contributed by atoms with Crippen molar-refractivity contribution in [2.45, 2.75) is 0 Å². The van der Waals surface area contributed by atoms with Gasteiger partial charge in [0.2, 0.25) is 0 Å². The maximum absolute atomic E-state index is 2.25. The molecule has 0 N–H and O–H groups in total. The average molecular weight is 123 g/mol. The van der Waals surface area contributed by atoms with E-state index >= 15 is 0 Å². The summed E-state index contributed by atoms with van der Waals surface area (Å²) in [5.74, 6) is 0. The topological polar surface area (TPSA) is 0 Å². The van der Waals surface area contributed by atoms with Crippen LogP contribution in [0, 0.1) is 0 Å². The lowest BCUT2D eigenvalue weighted by Crippen LogP contribution is -2.17. The van der Waals surface area contributed by atoms with E-state index in [0.717, 1.165) is 0 Å². The Bertz CT molecular complexity index is 90.4. The molecule has 0 heterocycles. The van der Waals surface area contributed by atoms with Gasteiger partial charge in [-0.05, 0) is 0 Å². The standard InChI is InChI=1S/C2H12B8/c3-7-1(8-4)2(9-5)10-6/h7-10H,3-6H2. The molecule has 0 bridgehead atoms. The van der Waals surface area contributed by atoms with Gasteiger partial charge in [-0.15, -0.1) is 0 Å². The Morgan fingerprint density at radius 1 is 0.600 bits per heavy atom. The molecule has 10 heavy (non-hydrogen) atoms. The fourth-order valence-corrected chi connectivity index (χ4v) is 1.50. The van der Waals surface area contributed by atoms with E-state index < -0.39 is 0 Å². The zero-order valence-electron chi connectivity index (χ0n) is 7.83. The third kappa shape index (κ3) is 2.90. The second-order valence-electron chi connectivity index (χ2n) is 2.62. The monoisotopic (exact) mass is 124 g/mol. The van der Waals surface area contributed by atoms with Gasteiger partial charge in [-0.1, -0.05) is 0 Å². The molecular formula is C2H12B8. The molecule has 0 unspecified atom stereocenters. The number of hydrogen-bond donors (Lipinski definition) is 0. The molecule has 0 aliphatic rings. The van der Waals surface area contributed by atoms with Crippen LogP contribution < -0.4 is 0 Å². The van der Waals surface area contributed by atoms with Crippen molar-refractivity contribution < 1.29 is 0 Å². The lowest BCUT2D eigenvalue weighted by molar-refractivity contribution is 2.20. The zero-order chi connectivity index (χ0) is 7.98. The minimum Gasteiger partial charge on any atom is -0.173 e. The van der Waals surface area contributed by atoms with Crippen LogP contribution in [0.1, 0.15) is 0 Å². The van der Waals surface area contributed by atoms with Gasteiger partial charge in [-0.3, -0.25) is 0 Å². The van der Waals surface area contributed by atoms with Gasteiger partial charge >= 0.3 is 0 Å². The van der Waals surface area contributed by atoms with Gasteiger partial charge < -0.3 is 0 Å². The average Bonchev–Trinajstić information content (AvgIpc) is 2.00. The SMILES string of the molecule is BBC(BB)=C(BB)BB. The van der Waals surface area contributed by atoms with Crippen LogP contribution in [-0.2, 0) is 0 Å². The highest BCUT2D eigenvalue weighted by molar-refractivity contribution is 7.16. The first kappa shape index (κ1) is 10.3. The molecule has 0 aliphatic heterocycles. The number of rotatable bonds is 4. The first-order chi connectivity index (χ1) is 4.79. The summed E-state index contributed by atoms with van der Waals surface area (Å²) in [5, 5.41) is 3.34. The molecule has 8 heteroatoms. The summed E-state index contributed by atoms with van der Waals surface area (Å²) in [6.45, 7) is 0. The van der Waals surface area contributed by atoms with Crippen molar-refractivity contribution in [2.75, 3.05) is 0 Å². The summed E-state index contributed by atoms with van der Waals surface area (Å²) < 4.78 is 0. The van der Waals surface area contributed by atoms with E-state index in [1.807, 2.05) is 0 Å².